The minimum Gasteiger partial charge on any atom is -0.444 e. The normalized spacial score (nSPS) is 18.6. The highest BCUT2D eigenvalue weighted by molar-refractivity contribution is 6.06. The molecule has 0 aromatic heterocycles. The summed E-state index contributed by atoms with van der Waals surface area (Å²) in [4.78, 5) is 52.0. The third-order valence-corrected chi connectivity index (χ3v) is 8.29. The fourth-order valence-electron chi connectivity index (χ4n) is 6.07. The number of ether oxygens (including phenoxy) is 2. The summed E-state index contributed by atoms with van der Waals surface area (Å²) in [7, 11) is 0. The van der Waals surface area contributed by atoms with Crippen molar-refractivity contribution in [1.82, 2.24) is 15.5 Å². The van der Waals surface area contributed by atoms with Gasteiger partial charge in [-0.25, -0.2) is 14.4 Å². The first-order chi connectivity index (χ1) is 22.1. The van der Waals surface area contributed by atoms with Crippen LogP contribution in [0.25, 0.3) is 0 Å². The molecular weight excluding hydrogens is 598 g/mol. The van der Waals surface area contributed by atoms with E-state index in [4.69, 9.17) is 9.47 Å². The average molecular weight is 650 g/mol. The van der Waals surface area contributed by atoms with Gasteiger partial charge in [-0.15, -0.1) is 0 Å². The van der Waals surface area contributed by atoms with Crippen LogP contribution in [0.3, 0.4) is 0 Å². The monoisotopic (exact) mass is 649 g/mol. The topological polar surface area (TPSA) is 138 Å². The SMILES string of the molecule is CC(C)(C)OC(=O)Nc1ccccc1NC(=O)c1ccc(CNC(=O)NC2CCC(CC3CCN(C(=O)OC(C)(C)C)CC3)C2)cc1. The number of amides is 5. The summed E-state index contributed by atoms with van der Waals surface area (Å²) >= 11 is 0. The quantitative estimate of drug-likeness (QED) is 0.237. The van der Waals surface area contributed by atoms with Gasteiger partial charge in [0.25, 0.3) is 5.91 Å². The van der Waals surface area contributed by atoms with E-state index in [1.54, 1.807) is 69.3 Å². The van der Waals surface area contributed by atoms with Gasteiger partial charge in [-0.3, -0.25) is 10.1 Å². The number of benzene rings is 2. The first-order valence-electron chi connectivity index (χ1n) is 16.6. The summed E-state index contributed by atoms with van der Waals surface area (Å²) in [5.74, 6) is 0.849. The predicted molar refractivity (Wildman–Crippen MR) is 182 cm³/mol. The molecule has 1 saturated heterocycles. The van der Waals surface area contributed by atoms with Crippen LogP contribution in [-0.4, -0.2) is 59.4 Å². The maximum atomic E-state index is 12.9. The van der Waals surface area contributed by atoms with Crippen molar-refractivity contribution >= 4 is 35.5 Å². The van der Waals surface area contributed by atoms with E-state index in [9.17, 15) is 19.2 Å². The van der Waals surface area contributed by atoms with Crippen molar-refractivity contribution in [1.29, 1.82) is 0 Å². The number of piperidine rings is 1. The average Bonchev–Trinajstić information content (AvgIpc) is 3.42. The van der Waals surface area contributed by atoms with E-state index in [2.05, 4.69) is 21.3 Å². The molecule has 4 N–H and O–H groups in total. The van der Waals surface area contributed by atoms with Crippen molar-refractivity contribution in [3.63, 3.8) is 0 Å². The third-order valence-electron chi connectivity index (χ3n) is 8.29. The van der Waals surface area contributed by atoms with Crippen molar-refractivity contribution in [2.45, 2.75) is 104 Å². The summed E-state index contributed by atoms with van der Waals surface area (Å²) in [6.07, 6.45) is 5.33. The molecule has 4 rings (SSSR count). The molecule has 1 saturated carbocycles. The van der Waals surface area contributed by atoms with Crippen LogP contribution in [0.1, 0.15) is 96.0 Å². The highest BCUT2D eigenvalue weighted by Gasteiger charge is 2.31. The van der Waals surface area contributed by atoms with E-state index in [1.807, 2.05) is 25.7 Å². The highest BCUT2D eigenvalue weighted by Crippen LogP contribution is 2.34. The third kappa shape index (κ3) is 11.8. The summed E-state index contributed by atoms with van der Waals surface area (Å²) in [6, 6.07) is 13.9. The Morgan fingerprint density at radius 2 is 1.38 bits per heavy atom. The largest absolute Gasteiger partial charge is 0.444 e. The fourth-order valence-corrected chi connectivity index (χ4v) is 6.07. The van der Waals surface area contributed by atoms with Crippen LogP contribution >= 0.6 is 0 Å². The van der Waals surface area contributed by atoms with Crippen LogP contribution in [0.5, 0.6) is 0 Å². The molecule has 2 aliphatic rings. The number of carbonyl (C=O) groups is 4. The zero-order valence-corrected chi connectivity index (χ0v) is 28.6. The van der Waals surface area contributed by atoms with E-state index in [0.29, 0.717) is 35.3 Å². The molecule has 2 fully saturated rings. The van der Waals surface area contributed by atoms with E-state index in [1.165, 1.54) is 0 Å². The predicted octanol–water partition coefficient (Wildman–Crippen LogP) is 7.29. The Hall–Kier alpha value is -4.28. The van der Waals surface area contributed by atoms with Gasteiger partial charge < -0.3 is 30.3 Å². The van der Waals surface area contributed by atoms with E-state index < -0.39 is 17.3 Å². The number of nitrogens with zero attached hydrogens (tertiary/aromatic N) is 1. The minimum absolute atomic E-state index is 0.153. The maximum Gasteiger partial charge on any atom is 0.412 e. The number of urea groups is 1. The lowest BCUT2D eigenvalue weighted by Crippen LogP contribution is -2.42. The van der Waals surface area contributed by atoms with Gasteiger partial charge in [0, 0.05) is 31.2 Å². The van der Waals surface area contributed by atoms with Gasteiger partial charge >= 0.3 is 18.2 Å². The second-order valence-electron chi connectivity index (χ2n) is 14.7. The van der Waals surface area contributed by atoms with Crippen LogP contribution in [-0.2, 0) is 16.0 Å². The van der Waals surface area contributed by atoms with Crippen molar-refractivity contribution < 1.29 is 28.7 Å². The first-order valence-corrected chi connectivity index (χ1v) is 16.6. The number of likely N-dealkylation sites (tertiary alicyclic amines) is 1. The lowest BCUT2D eigenvalue weighted by molar-refractivity contribution is 0.0175. The Labute approximate surface area is 278 Å². The van der Waals surface area contributed by atoms with E-state index >= 15 is 0 Å². The number of nitrogens with one attached hydrogen (secondary N) is 4. The number of anilines is 2. The number of carbonyl (C=O) groups excluding carboxylic acids is 4. The molecule has 11 nitrogen and oxygen atoms in total. The molecule has 1 aliphatic carbocycles. The smallest absolute Gasteiger partial charge is 0.412 e. The molecule has 0 radical (unpaired) electrons. The van der Waals surface area contributed by atoms with Crippen molar-refractivity contribution in [2.24, 2.45) is 11.8 Å². The van der Waals surface area contributed by atoms with E-state index in [-0.39, 0.29) is 24.1 Å². The highest BCUT2D eigenvalue weighted by atomic mass is 16.6. The summed E-state index contributed by atoms with van der Waals surface area (Å²) in [5.41, 5.74) is 1.06. The molecule has 2 unspecified atom stereocenters. The van der Waals surface area contributed by atoms with Crippen molar-refractivity contribution in [3.8, 4) is 0 Å². The molecule has 47 heavy (non-hydrogen) atoms. The van der Waals surface area contributed by atoms with E-state index in [0.717, 1.165) is 57.2 Å². The zero-order chi connectivity index (χ0) is 34.2. The standard InChI is InChI=1S/C36H51N5O6/c1-35(2,3)46-33(44)40-30-10-8-7-9-29(30)39-31(42)27-14-11-25(12-15-27)23-37-32(43)38-28-16-13-26(22-28)21-24-17-19-41(20-18-24)34(45)47-36(4,5)6/h7-12,14-15,24,26,28H,13,16-23H2,1-6H3,(H,39,42)(H,40,44)(H2,37,38,43). The molecule has 1 heterocycles. The Morgan fingerprint density at radius 1 is 0.766 bits per heavy atom. The lowest BCUT2D eigenvalue weighted by Gasteiger charge is -2.34. The summed E-state index contributed by atoms with van der Waals surface area (Å²) in [5, 5.41) is 11.6. The van der Waals surface area contributed by atoms with Crippen LogP contribution in [0.4, 0.5) is 25.8 Å². The second-order valence-corrected chi connectivity index (χ2v) is 14.7. The molecule has 5 amide bonds. The van der Waals surface area contributed by atoms with Crippen LogP contribution in [0.15, 0.2) is 48.5 Å². The second kappa shape index (κ2) is 15.5. The summed E-state index contributed by atoms with van der Waals surface area (Å²) < 4.78 is 10.8. The Bertz CT molecular complexity index is 1390. The lowest BCUT2D eigenvalue weighted by atomic mass is 9.86. The van der Waals surface area contributed by atoms with Gasteiger partial charge in [0.15, 0.2) is 0 Å². The van der Waals surface area contributed by atoms with Gasteiger partial charge in [-0.1, -0.05) is 24.3 Å². The van der Waals surface area contributed by atoms with Crippen LogP contribution in [0, 0.1) is 11.8 Å². The van der Waals surface area contributed by atoms with Gasteiger partial charge in [0.2, 0.25) is 0 Å². The number of hydrogen-bond donors (Lipinski definition) is 4. The Kier molecular flexibility index (Phi) is 11.8. The number of hydrogen-bond acceptors (Lipinski definition) is 6. The maximum absolute atomic E-state index is 12.9. The Morgan fingerprint density at radius 3 is 2.00 bits per heavy atom. The van der Waals surface area contributed by atoms with Gasteiger partial charge in [0.05, 0.1) is 11.4 Å². The fraction of sp³-hybridized carbons (Fsp3) is 0.556. The molecule has 11 heteroatoms. The van der Waals surface area contributed by atoms with Crippen LogP contribution in [0.2, 0.25) is 0 Å². The molecule has 0 spiro atoms. The van der Waals surface area contributed by atoms with Gasteiger partial charge in [-0.05, 0) is 122 Å². The number of para-hydroxylation sites is 2. The van der Waals surface area contributed by atoms with Gasteiger partial charge in [-0.2, -0.15) is 0 Å². The van der Waals surface area contributed by atoms with Gasteiger partial charge in [0.1, 0.15) is 11.2 Å². The summed E-state index contributed by atoms with van der Waals surface area (Å²) in [6.45, 7) is 12.8. The molecule has 256 valence electrons. The Balaban J connectivity index is 1.16. The van der Waals surface area contributed by atoms with Crippen LogP contribution < -0.4 is 21.3 Å². The van der Waals surface area contributed by atoms with Crippen molar-refractivity contribution in [3.05, 3.63) is 59.7 Å². The number of rotatable bonds is 8. The molecule has 2 aromatic carbocycles. The molecule has 1 aliphatic heterocycles. The first kappa shape index (κ1) is 35.6. The molecular formula is C36H51N5O6. The van der Waals surface area contributed by atoms with Crippen molar-refractivity contribution in [2.75, 3.05) is 23.7 Å². The zero-order valence-electron chi connectivity index (χ0n) is 28.6. The molecule has 2 aromatic rings. The molecule has 0 bridgehead atoms. The minimum atomic E-state index is -0.648. The molecule has 2 atom stereocenters.